The van der Waals surface area contributed by atoms with Crippen molar-refractivity contribution in [3.8, 4) is 0 Å². The fourth-order valence-electron chi connectivity index (χ4n) is 2.16. The average Bonchev–Trinajstić information content (AvgIpc) is 2.83. The molecule has 0 saturated heterocycles. The summed E-state index contributed by atoms with van der Waals surface area (Å²) in [4.78, 5) is 14.8. The van der Waals surface area contributed by atoms with Crippen molar-refractivity contribution in [2.24, 2.45) is 0 Å². The van der Waals surface area contributed by atoms with Gasteiger partial charge in [-0.2, -0.15) is 11.8 Å². The van der Waals surface area contributed by atoms with Crippen LogP contribution in [-0.4, -0.2) is 29.4 Å². The van der Waals surface area contributed by atoms with E-state index in [4.69, 9.17) is 0 Å². The van der Waals surface area contributed by atoms with Crippen LogP contribution >= 0.6 is 11.8 Å². The Morgan fingerprint density at radius 1 is 1.37 bits per heavy atom. The Morgan fingerprint density at radius 2 is 2.21 bits per heavy atom. The normalized spacial score (nSPS) is 10.8. The second kappa shape index (κ2) is 7.24. The zero-order valence-corrected chi connectivity index (χ0v) is 12.1. The van der Waals surface area contributed by atoms with E-state index in [1.807, 2.05) is 12.3 Å². The highest BCUT2D eigenvalue weighted by atomic mass is 32.2. The molecular weight excluding hydrogens is 256 g/mol. The Morgan fingerprint density at radius 3 is 3.05 bits per heavy atom. The number of hydrogen-bond donors (Lipinski definition) is 2. The van der Waals surface area contributed by atoms with Gasteiger partial charge in [0, 0.05) is 35.8 Å². The molecule has 19 heavy (non-hydrogen) atoms. The van der Waals surface area contributed by atoms with E-state index in [-0.39, 0.29) is 5.91 Å². The van der Waals surface area contributed by atoms with Crippen LogP contribution in [0, 0.1) is 0 Å². The largest absolute Gasteiger partial charge is 0.361 e. The monoisotopic (exact) mass is 276 g/mol. The molecule has 2 N–H and O–H groups in total. The maximum absolute atomic E-state index is 11.6. The van der Waals surface area contributed by atoms with Crippen LogP contribution in [0.4, 0.5) is 0 Å². The van der Waals surface area contributed by atoms with Crippen LogP contribution in [0.25, 0.3) is 10.9 Å². The first-order valence-corrected chi connectivity index (χ1v) is 8.01. The Hall–Kier alpha value is -1.42. The third kappa shape index (κ3) is 4.03. The van der Waals surface area contributed by atoms with Crippen molar-refractivity contribution < 1.29 is 4.79 Å². The molecule has 0 bridgehead atoms. The molecule has 102 valence electrons. The van der Waals surface area contributed by atoms with Crippen LogP contribution in [0.2, 0.25) is 0 Å². The van der Waals surface area contributed by atoms with Crippen LogP contribution in [0.3, 0.4) is 0 Å². The van der Waals surface area contributed by atoms with E-state index in [1.54, 1.807) is 11.8 Å². The van der Waals surface area contributed by atoms with Gasteiger partial charge in [-0.25, -0.2) is 0 Å². The number of aromatic nitrogens is 1. The van der Waals surface area contributed by atoms with Crippen molar-refractivity contribution in [3.63, 3.8) is 0 Å². The number of amides is 1. The van der Waals surface area contributed by atoms with Crippen molar-refractivity contribution in [3.05, 3.63) is 36.0 Å². The summed E-state index contributed by atoms with van der Waals surface area (Å²) in [5, 5.41) is 4.20. The first-order chi connectivity index (χ1) is 9.31. The molecule has 0 atom stereocenters. The lowest BCUT2D eigenvalue weighted by Crippen LogP contribution is -2.25. The number of rotatable bonds is 7. The highest BCUT2D eigenvalue weighted by Gasteiger charge is 2.04. The third-order valence-corrected chi connectivity index (χ3v) is 3.77. The number of hydrogen-bond acceptors (Lipinski definition) is 2. The number of carbonyl (C=O) groups is 1. The number of benzene rings is 1. The minimum atomic E-state index is 0.161. The molecule has 0 aliphatic rings. The van der Waals surface area contributed by atoms with Gasteiger partial charge in [0.25, 0.3) is 0 Å². The van der Waals surface area contributed by atoms with Crippen LogP contribution in [0.1, 0.15) is 18.4 Å². The van der Waals surface area contributed by atoms with Crippen molar-refractivity contribution in [1.29, 1.82) is 0 Å². The number of aromatic amines is 1. The number of thioether (sulfide) groups is 1. The predicted molar refractivity (Wildman–Crippen MR) is 82.6 cm³/mol. The van der Waals surface area contributed by atoms with Gasteiger partial charge in [0.05, 0.1) is 0 Å². The summed E-state index contributed by atoms with van der Waals surface area (Å²) in [5.41, 5.74) is 2.47. The van der Waals surface area contributed by atoms with Crippen molar-refractivity contribution >= 4 is 28.6 Å². The Labute approximate surface area is 118 Å². The summed E-state index contributed by atoms with van der Waals surface area (Å²) in [6, 6.07) is 8.28. The SMILES string of the molecule is CSCCNC(=O)CCCc1c[nH]c2ccccc12. The fraction of sp³-hybridized carbons (Fsp3) is 0.400. The summed E-state index contributed by atoms with van der Waals surface area (Å²) in [6.07, 6.45) is 6.54. The molecule has 3 nitrogen and oxygen atoms in total. The number of para-hydroxylation sites is 1. The molecule has 4 heteroatoms. The summed E-state index contributed by atoms with van der Waals surface area (Å²) >= 11 is 1.75. The zero-order chi connectivity index (χ0) is 13.5. The molecule has 1 amide bonds. The first kappa shape index (κ1) is 14.0. The third-order valence-electron chi connectivity index (χ3n) is 3.15. The molecular formula is C15H20N2OS. The quantitative estimate of drug-likeness (QED) is 0.764. The maximum Gasteiger partial charge on any atom is 0.220 e. The van der Waals surface area contributed by atoms with Gasteiger partial charge in [-0.1, -0.05) is 18.2 Å². The Bertz CT molecular complexity index is 536. The molecule has 1 aromatic heterocycles. The minimum absolute atomic E-state index is 0.161. The summed E-state index contributed by atoms with van der Waals surface area (Å²) < 4.78 is 0. The second-order valence-corrected chi connectivity index (χ2v) is 5.54. The molecule has 2 aromatic rings. The van der Waals surface area contributed by atoms with Gasteiger partial charge in [-0.05, 0) is 30.7 Å². The predicted octanol–water partition coefficient (Wildman–Crippen LogP) is 2.97. The zero-order valence-electron chi connectivity index (χ0n) is 11.2. The summed E-state index contributed by atoms with van der Waals surface area (Å²) in [6.45, 7) is 0.771. The molecule has 0 unspecified atom stereocenters. The number of aryl methyl sites for hydroxylation is 1. The van der Waals surface area contributed by atoms with E-state index in [1.165, 1.54) is 16.5 Å². The molecule has 0 fully saturated rings. The molecule has 1 heterocycles. The Balaban J connectivity index is 1.78. The van der Waals surface area contributed by atoms with Crippen LogP contribution in [0.5, 0.6) is 0 Å². The van der Waals surface area contributed by atoms with Crippen LogP contribution in [0.15, 0.2) is 30.5 Å². The lowest BCUT2D eigenvalue weighted by atomic mass is 10.1. The number of nitrogens with one attached hydrogen (secondary N) is 2. The van der Waals surface area contributed by atoms with Gasteiger partial charge < -0.3 is 10.3 Å². The molecule has 0 spiro atoms. The average molecular weight is 276 g/mol. The number of carbonyl (C=O) groups excluding carboxylic acids is 1. The molecule has 2 rings (SSSR count). The van der Waals surface area contributed by atoms with Gasteiger partial charge in [-0.15, -0.1) is 0 Å². The minimum Gasteiger partial charge on any atom is -0.361 e. The standard InChI is InChI=1S/C15H20N2OS/c1-19-10-9-16-15(18)8-4-5-12-11-17-14-7-3-2-6-13(12)14/h2-3,6-7,11,17H,4-5,8-10H2,1H3,(H,16,18). The van der Waals surface area contributed by atoms with Gasteiger partial charge in [0.15, 0.2) is 0 Å². The van der Waals surface area contributed by atoms with E-state index >= 15 is 0 Å². The number of fused-ring (bicyclic) bond motifs is 1. The maximum atomic E-state index is 11.6. The lowest BCUT2D eigenvalue weighted by Gasteiger charge is -2.03. The fourth-order valence-corrected chi connectivity index (χ4v) is 2.46. The van der Waals surface area contributed by atoms with Gasteiger partial charge in [0.2, 0.25) is 5.91 Å². The van der Waals surface area contributed by atoms with Crippen LogP contribution in [-0.2, 0) is 11.2 Å². The number of H-pyrrole nitrogens is 1. The lowest BCUT2D eigenvalue weighted by molar-refractivity contribution is -0.121. The van der Waals surface area contributed by atoms with Gasteiger partial charge in [0.1, 0.15) is 0 Å². The Kier molecular flexibility index (Phi) is 5.33. The van der Waals surface area contributed by atoms with E-state index in [9.17, 15) is 4.79 Å². The van der Waals surface area contributed by atoms with Crippen molar-refractivity contribution in [2.75, 3.05) is 18.6 Å². The van der Waals surface area contributed by atoms with Gasteiger partial charge in [-0.3, -0.25) is 4.79 Å². The highest BCUT2D eigenvalue weighted by Crippen LogP contribution is 2.19. The summed E-state index contributed by atoms with van der Waals surface area (Å²) in [5.74, 6) is 1.14. The molecule has 0 saturated carbocycles. The van der Waals surface area contributed by atoms with E-state index in [0.29, 0.717) is 6.42 Å². The molecule has 0 radical (unpaired) electrons. The van der Waals surface area contributed by atoms with Crippen molar-refractivity contribution in [2.45, 2.75) is 19.3 Å². The molecule has 1 aromatic carbocycles. The summed E-state index contributed by atoms with van der Waals surface area (Å²) in [7, 11) is 0. The smallest absolute Gasteiger partial charge is 0.220 e. The topological polar surface area (TPSA) is 44.9 Å². The van der Waals surface area contributed by atoms with E-state index in [0.717, 1.165) is 25.1 Å². The molecule has 0 aliphatic heterocycles. The highest BCUT2D eigenvalue weighted by molar-refractivity contribution is 7.98. The van der Waals surface area contributed by atoms with Crippen molar-refractivity contribution in [1.82, 2.24) is 10.3 Å². The first-order valence-electron chi connectivity index (χ1n) is 6.62. The van der Waals surface area contributed by atoms with E-state index in [2.05, 4.69) is 34.7 Å². The molecule has 0 aliphatic carbocycles. The van der Waals surface area contributed by atoms with E-state index < -0.39 is 0 Å². The van der Waals surface area contributed by atoms with Gasteiger partial charge >= 0.3 is 0 Å². The second-order valence-electron chi connectivity index (χ2n) is 4.56. The van der Waals surface area contributed by atoms with Crippen LogP contribution < -0.4 is 5.32 Å².